The molecule has 2 amide bonds. The molecule has 0 radical (unpaired) electrons. The van der Waals surface area contributed by atoms with Crippen molar-refractivity contribution >= 4 is 35.4 Å². The highest BCUT2D eigenvalue weighted by Crippen LogP contribution is 2.21. The van der Waals surface area contributed by atoms with E-state index in [4.69, 9.17) is 16.6 Å². The van der Waals surface area contributed by atoms with E-state index in [0.717, 1.165) is 19.3 Å². The van der Waals surface area contributed by atoms with Gasteiger partial charge in [-0.1, -0.05) is 11.6 Å². The number of furan rings is 1. The highest BCUT2D eigenvalue weighted by atomic mass is 32.1. The second-order valence-electron chi connectivity index (χ2n) is 6.19. The van der Waals surface area contributed by atoms with Crippen LogP contribution in [0.3, 0.4) is 0 Å². The van der Waals surface area contributed by atoms with Gasteiger partial charge >= 0.3 is 0 Å². The van der Waals surface area contributed by atoms with Crippen LogP contribution >= 0.6 is 12.2 Å². The third-order valence-corrected chi connectivity index (χ3v) is 4.74. The fraction of sp³-hybridized carbons (Fsp3) is 0.444. The summed E-state index contributed by atoms with van der Waals surface area (Å²) in [5.41, 5.74) is 1.36. The summed E-state index contributed by atoms with van der Waals surface area (Å²) in [5.74, 6) is -1.00. The van der Waals surface area contributed by atoms with E-state index in [2.05, 4.69) is 16.4 Å². The highest BCUT2D eigenvalue weighted by molar-refractivity contribution is 7.80. The smallest absolute Gasteiger partial charge is 0.246 e. The summed E-state index contributed by atoms with van der Waals surface area (Å²) in [4.78, 5) is 30.4. The lowest BCUT2D eigenvalue weighted by molar-refractivity contribution is -0.137. The maximum Gasteiger partial charge on any atom is 0.246 e. The number of aliphatic imine (C=N–C) groups is 1. The van der Waals surface area contributed by atoms with Crippen LogP contribution < -0.4 is 5.32 Å². The molecular weight excluding hydrogens is 338 g/mol. The van der Waals surface area contributed by atoms with Gasteiger partial charge in [0.25, 0.3) is 0 Å². The van der Waals surface area contributed by atoms with Gasteiger partial charge in [0.15, 0.2) is 11.0 Å². The van der Waals surface area contributed by atoms with Gasteiger partial charge < -0.3 is 9.73 Å². The van der Waals surface area contributed by atoms with Crippen LogP contribution in [0.25, 0.3) is 0 Å². The number of allylic oxidation sites excluding steroid dienone is 1. The van der Waals surface area contributed by atoms with E-state index >= 15 is 0 Å². The average Bonchev–Trinajstić information content (AvgIpc) is 3.12. The van der Waals surface area contributed by atoms with E-state index in [-0.39, 0.29) is 11.0 Å². The van der Waals surface area contributed by atoms with Crippen molar-refractivity contribution in [2.75, 3.05) is 6.54 Å². The molecule has 1 saturated heterocycles. The van der Waals surface area contributed by atoms with Crippen molar-refractivity contribution in [3.05, 3.63) is 35.8 Å². The van der Waals surface area contributed by atoms with Crippen LogP contribution in [0.1, 0.15) is 37.9 Å². The second-order valence-corrected chi connectivity index (χ2v) is 6.58. The van der Waals surface area contributed by atoms with E-state index in [9.17, 15) is 9.59 Å². The van der Waals surface area contributed by atoms with Gasteiger partial charge in [-0.3, -0.25) is 19.5 Å². The maximum absolute atomic E-state index is 12.7. The van der Waals surface area contributed by atoms with Crippen molar-refractivity contribution in [3.63, 3.8) is 0 Å². The number of thiocarbonyl (C=S) groups is 1. The molecular formula is C18H21N3O3S. The zero-order valence-electron chi connectivity index (χ0n) is 13.9. The van der Waals surface area contributed by atoms with Gasteiger partial charge in [0.05, 0.1) is 12.8 Å². The van der Waals surface area contributed by atoms with E-state index in [0.29, 0.717) is 18.8 Å². The van der Waals surface area contributed by atoms with Crippen LogP contribution in [-0.2, 0) is 16.1 Å². The minimum atomic E-state index is -0.943. The average molecular weight is 359 g/mol. The Morgan fingerprint density at radius 1 is 1.40 bits per heavy atom. The van der Waals surface area contributed by atoms with Gasteiger partial charge in [-0.15, -0.1) is 0 Å². The molecule has 1 fully saturated rings. The molecule has 1 aliphatic carbocycles. The molecule has 0 spiro atoms. The first kappa shape index (κ1) is 17.5. The van der Waals surface area contributed by atoms with E-state index in [1.165, 1.54) is 29.5 Å². The van der Waals surface area contributed by atoms with Crippen LogP contribution in [0.4, 0.5) is 0 Å². The van der Waals surface area contributed by atoms with Crippen LogP contribution in [0, 0.1) is 5.92 Å². The zero-order valence-corrected chi connectivity index (χ0v) is 14.8. The van der Waals surface area contributed by atoms with Crippen LogP contribution in [0.2, 0.25) is 0 Å². The first-order valence-corrected chi connectivity index (χ1v) is 8.92. The number of nitrogens with zero attached hydrogens (tertiary/aromatic N) is 2. The Labute approximate surface area is 152 Å². The Kier molecular flexibility index (Phi) is 5.75. The number of amides is 2. The summed E-state index contributed by atoms with van der Waals surface area (Å²) in [7, 11) is 0. The molecule has 132 valence electrons. The molecule has 0 saturated carbocycles. The Morgan fingerprint density at radius 2 is 2.28 bits per heavy atom. The Morgan fingerprint density at radius 3 is 3.00 bits per heavy atom. The molecule has 3 rings (SSSR count). The second kappa shape index (κ2) is 8.20. The lowest BCUT2D eigenvalue weighted by Gasteiger charge is -2.31. The van der Waals surface area contributed by atoms with Crippen LogP contribution in [0.5, 0.6) is 0 Å². The van der Waals surface area contributed by atoms with Crippen molar-refractivity contribution in [1.29, 1.82) is 0 Å². The number of carbonyl (C=O) groups is 2. The molecule has 0 bridgehead atoms. The number of rotatable bonds is 6. The minimum Gasteiger partial charge on any atom is -0.467 e. The number of carbonyl (C=O) groups excluding carboxylic acids is 2. The van der Waals surface area contributed by atoms with E-state index in [1.807, 2.05) is 0 Å². The van der Waals surface area contributed by atoms with E-state index < -0.39 is 11.8 Å². The number of nitrogens with one attached hydrogen (secondary N) is 1. The van der Waals surface area contributed by atoms with Crippen molar-refractivity contribution in [3.8, 4) is 0 Å². The summed E-state index contributed by atoms with van der Waals surface area (Å²) < 4.78 is 5.18. The molecule has 2 aliphatic rings. The fourth-order valence-electron chi connectivity index (χ4n) is 3.01. The molecule has 2 heterocycles. The molecule has 1 aliphatic heterocycles. The molecule has 7 heteroatoms. The SMILES string of the molecule is O=C1NC(=S)N(CCC2=CCCCC2)C(=O)C1C=NCc1ccco1. The molecule has 0 aromatic carbocycles. The molecule has 25 heavy (non-hydrogen) atoms. The van der Waals surface area contributed by atoms with Gasteiger partial charge in [-0.2, -0.15) is 0 Å². The van der Waals surface area contributed by atoms with Gasteiger partial charge in [-0.05, 0) is 56.5 Å². The lowest BCUT2D eigenvalue weighted by atomic mass is 9.97. The summed E-state index contributed by atoms with van der Waals surface area (Å²) >= 11 is 5.17. The highest BCUT2D eigenvalue weighted by Gasteiger charge is 2.37. The standard InChI is InChI=1S/C18H21N3O3S/c22-16-15(12-19-11-14-7-4-10-24-14)17(23)21(18(25)20-16)9-8-13-5-2-1-3-6-13/h4-5,7,10,12,15H,1-3,6,8-9,11H2,(H,20,22,25). The maximum atomic E-state index is 12.7. The van der Waals surface area contributed by atoms with Crippen molar-refractivity contribution in [2.45, 2.75) is 38.6 Å². The van der Waals surface area contributed by atoms with Crippen LogP contribution in [0.15, 0.2) is 39.5 Å². The molecule has 6 nitrogen and oxygen atoms in total. The Balaban J connectivity index is 1.61. The summed E-state index contributed by atoms with van der Waals surface area (Å²) in [6.45, 7) is 0.785. The molecule has 1 unspecified atom stereocenters. The monoisotopic (exact) mass is 359 g/mol. The Bertz CT molecular complexity index is 709. The van der Waals surface area contributed by atoms with E-state index in [1.54, 1.807) is 18.4 Å². The first-order valence-electron chi connectivity index (χ1n) is 8.51. The minimum absolute atomic E-state index is 0.182. The van der Waals surface area contributed by atoms with Gasteiger partial charge in [0.2, 0.25) is 11.8 Å². The van der Waals surface area contributed by atoms with Crippen LogP contribution in [-0.4, -0.2) is 34.6 Å². The van der Waals surface area contributed by atoms with Gasteiger partial charge in [0.1, 0.15) is 5.76 Å². The van der Waals surface area contributed by atoms with Crippen molar-refractivity contribution < 1.29 is 14.0 Å². The first-order chi connectivity index (χ1) is 12.1. The predicted octanol–water partition coefficient (Wildman–Crippen LogP) is 2.60. The normalized spacial score (nSPS) is 21.6. The third-order valence-electron chi connectivity index (χ3n) is 4.41. The fourth-order valence-corrected chi connectivity index (χ4v) is 3.29. The lowest BCUT2D eigenvalue weighted by Crippen LogP contribution is -2.58. The van der Waals surface area contributed by atoms with Crippen molar-refractivity contribution in [1.82, 2.24) is 10.2 Å². The summed E-state index contributed by atoms with van der Waals surface area (Å²) in [5, 5.41) is 2.79. The zero-order chi connectivity index (χ0) is 17.6. The number of hydrogen-bond acceptors (Lipinski definition) is 5. The summed E-state index contributed by atoms with van der Waals surface area (Å²) in [6.07, 6.45) is 10.6. The quantitative estimate of drug-likeness (QED) is 0.367. The molecule has 1 atom stereocenters. The topological polar surface area (TPSA) is 74.9 Å². The van der Waals surface area contributed by atoms with Crippen molar-refractivity contribution in [2.24, 2.45) is 10.9 Å². The predicted molar refractivity (Wildman–Crippen MR) is 98.0 cm³/mol. The number of hydrogen-bond donors (Lipinski definition) is 1. The van der Waals surface area contributed by atoms with Gasteiger partial charge in [0, 0.05) is 12.8 Å². The Hall–Kier alpha value is -2.28. The third kappa shape index (κ3) is 4.42. The largest absolute Gasteiger partial charge is 0.467 e. The molecule has 1 aromatic rings. The molecule has 1 N–H and O–H groups in total. The van der Waals surface area contributed by atoms with Gasteiger partial charge in [-0.25, -0.2) is 0 Å². The molecule has 1 aromatic heterocycles. The summed E-state index contributed by atoms with van der Waals surface area (Å²) in [6, 6.07) is 3.56.